The van der Waals surface area contributed by atoms with Crippen LogP contribution in [0.4, 0.5) is 5.82 Å². The second-order valence-corrected chi connectivity index (χ2v) is 7.76. The molecule has 0 aliphatic heterocycles. The zero-order chi connectivity index (χ0) is 22.5. The number of carbonyl (C=O) groups is 2. The first-order valence-corrected chi connectivity index (χ1v) is 10.4. The SMILES string of the molecule is NC(=O)C1CCC(Nc2ccc3ccccc3n2)CC1.O=C(O)c1ccc2nonc2c1. The van der Waals surface area contributed by atoms with E-state index in [0.29, 0.717) is 17.1 Å². The molecule has 0 radical (unpaired) electrons. The first-order chi connectivity index (χ1) is 15.5. The first-order valence-electron chi connectivity index (χ1n) is 10.4. The Morgan fingerprint density at radius 1 is 0.938 bits per heavy atom. The van der Waals surface area contributed by atoms with Crippen LogP contribution in [-0.4, -0.2) is 38.3 Å². The van der Waals surface area contributed by atoms with Crippen LogP contribution in [0.15, 0.2) is 59.2 Å². The van der Waals surface area contributed by atoms with Gasteiger partial charge in [-0.25, -0.2) is 14.4 Å². The van der Waals surface area contributed by atoms with Crippen molar-refractivity contribution in [3.8, 4) is 0 Å². The maximum Gasteiger partial charge on any atom is 0.335 e. The van der Waals surface area contributed by atoms with Gasteiger partial charge in [-0.3, -0.25) is 4.79 Å². The molecule has 0 unspecified atom stereocenters. The van der Waals surface area contributed by atoms with Crippen LogP contribution >= 0.6 is 0 Å². The van der Waals surface area contributed by atoms with Crippen molar-refractivity contribution in [1.29, 1.82) is 0 Å². The second kappa shape index (κ2) is 9.42. The Hall–Kier alpha value is -4.01. The Balaban J connectivity index is 0.000000174. The fourth-order valence-corrected chi connectivity index (χ4v) is 3.79. The Bertz CT molecular complexity index is 1250. The third-order valence-electron chi connectivity index (χ3n) is 5.58. The molecule has 2 heterocycles. The van der Waals surface area contributed by atoms with Crippen molar-refractivity contribution in [2.45, 2.75) is 31.7 Å². The largest absolute Gasteiger partial charge is 0.478 e. The van der Waals surface area contributed by atoms with Gasteiger partial charge >= 0.3 is 5.97 Å². The first kappa shape index (κ1) is 21.2. The fraction of sp³-hybridized carbons (Fsp3) is 0.261. The lowest BCUT2D eigenvalue weighted by Gasteiger charge is -2.27. The van der Waals surface area contributed by atoms with Gasteiger partial charge in [-0.15, -0.1) is 0 Å². The molecule has 0 spiro atoms. The standard InChI is InChI=1S/C16H19N3O.C7H4N2O3/c17-16(20)12-5-8-13(9-6-12)18-15-10-7-11-3-1-2-4-14(11)19-15;10-7(11)4-1-2-5-6(3-4)9-12-8-5/h1-4,7,10,12-13H,5-6,8-9H2,(H2,17,20)(H,18,19);1-3H,(H,10,11). The van der Waals surface area contributed by atoms with Crippen molar-refractivity contribution >= 4 is 39.6 Å². The van der Waals surface area contributed by atoms with Crippen molar-refractivity contribution in [3.05, 3.63) is 60.2 Å². The molecule has 9 nitrogen and oxygen atoms in total. The molecule has 1 fully saturated rings. The molecule has 9 heteroatoms. The number of nitrogens with zero attached hydrogens (tertiary/aromatic N) is 3. The highest BCUT2D eigenvalue weighted by atomic mass is 16.6. The van der Waals surface area contributed by atoms with E-state index < -0.39 is 5.97 Å². The van der Waals surface area contributed by atoms with E-state index in [4.69, 9.17) is 10.8 Å². The molecule has 1 aliphatic carbocycles. The summed E-state index contributed by atoms with van der Waals surface area (Å²) >= 11 is 0. The zero-order valence-electron chi connectivity index (χ0n) is 17.3. The Morgan fingerprint density at radius 2 is 1.69 bits per heavy atom. The molecule has 1 amide bonds. The monoisotopic (exact) mass is 433 g/mol. The third kappa shape index (κ3) is 5.00. The third-order valence-corrected chi connectivity index (χ3v) is 5.58. The minimum absolute atomic E-state index is 0.0533. The van der Waals surface area contributed by atoms with Crippen molar-refractivity contribution in [3.63, 3.8) is 0 Å². The Kier molecular flexibility index (Phi) is 6.25. The number of nitrogens with two attached hydrogens (primary N) is 1. The summed E-state index contributed by atoms with van der Waals surface area (Å²) in [4.78, 5) is 26.3. The number of carbonyl (C=O) groups excluding carboxylic acids is 1. The number of rotatable bonds is 4. The van der Waals surface area contributed by atoms with Gasteiger partial charge in [0.15, 0.2) is 0 Å². The normalized spacial score (nSPS) is 18.0. The lowest BCUT2D eigenvalue weighted by atomic mass is 9.85. The smallest absolute Gasteiger partial charge is 0.335 e. The topological polar surface area (TPSA) is 144 Å². The van der Waals surface area contributed by atoms with Crippen LogP contribution in [0.25, 0.3) is 21.9 Å². The van der Waals surface area contributed by atoms with Crippen molar-refractivity contribution in [2.75, 3.05) is 5.32 Å². The van der Waals surface area contributed by atoms with E-state index in [2.05, 4.69) is 37.4 Å². The fourth-order valence-electron chi connectivity index (χ4n) is 3.79. The average molecular weight is 433 g/mol. The lowest BCUT2D eigenvalue weighted by molar-refractivity contribution is -0.122. The predicted octanol–water partition coefficient (Wildman–Crippen LogP) is 3.61. The van der Waals surface area contributed by atoms with Crippen LogP contribution in [0.5, 0.6) is 0 Å². The van der Waals surface area contributed by atoms with Crippen molar-refractivity contribution in [1.82, 2.24) is 15.3 Å². The summed E-state index contributed by atoms with van der Waals surface area (Å²) in [6.07, 6.45) is 3.70. The second-order valence-electron chi connectivity index (χ2n) is 7.76. The molecule has 2 aromatic carbocycles. The van der Waals surface area contributed by atoms with E-state index in [9.17, 15) is 9.59 Å². The molecule has 0 saturated heterocycles. The minimum atomic E-state index is -0.986. The number of para-hydroxylation sites is 1. The number of amides is 1. The van der Waals surface area contributed by atoms with Gasteiger partial charge in [-0.1, -0.05) is 18.2 Å². The molecular formula is C23H23N5O4. The molecule has 0 atom stereocenters. The zero-order valence-corrected chi connectivity index (χ0v) is 17.3. The van der Waals surface area contributed by atoms with E-state index in [0.717, 1.165) is 42.4 Å². The van der Waals surface area contributed by atoms with Crippen LogP contribution in [0.1, 0.15) is 36.0 Å². The molecule has 4 N–H and O–H groups in total. The molecular weight excluding hydrogens is 410 g/mol. The summed E-state index contributed by atoms with van der Waals surface area (Å²) in [7, 11) is 0. The van der Waals surface area contributed by atoms with Crippen LogP contribution in [0.3, 0.4) is 0 Å². The van der Waals surface area contributed by atoms with Gasteiger partial charge in [0.2, 0.25) is 5.91 Å². The number of anilines is 1. The van der Waals surface area contributed by atoms with Gasteiger partial charge in [0, 0.05) is 17.3 Å². The Morgan fingerprint density at radius 3 is 2.44 bits per heavy atom. The van der Waals surface area contributed by atoms with E-state index in [1.807, 2.05) is 24.3 Å². The lowest BCUT2D eigenvalue weighted by Crippen LogP contribution is -2.32. The van der Waals surface area contributed by atoms with Gasteiger partial charge in [0.05, 0.1) is 11.1 Å². The molecule has 2 aromatic heterocycles. The van der Waals surface area contributed by atoms with Gasteiger partial charge in [0.25, 0.3) is 0 Å². The van der Waals surface area contributed by atoms with E-state index >= 15 is 0 Å². The van der Waals surface area contributed by atoms with Crippen LogP contribution in [0, 0.1) is 5.92 Å². The summed E-state index contributed by atoms with van der Waals surface area (Å²) in [5.41, 5.74) is 7.55. The van der Waals surface area contributed by atoms with Gasteiger partial charge in [-0.05, 0) is 72.4 Å². The predicted molar refractivity (Wildman–Crippen MR) is 119 cm³/mol. The summed E-state index contributed by atoms with van der Waals surface area (Å²) in [6.45, 7) is 0. The molecule has 5 rings (SSSR count). The van der Waals surface area contributed by atoms with Crippen molar-refractivity contribution < 1.29 is 19.3 Å². The molecule has 4 aromatic rings. The number of fused-ring (bicyclic) bond motifs is 2. The van der Waals surface area contributed by atoms with Gasteiger partial charge in [0.1, 0.15) is 16.9 Å². The minimum Gasteiger partial charge on any atom is -0.478 e. The quantitative estimate of drug-likeness (QED) is 0.443. The number of hydrogen-bond donors (Lipinski definition) is 3. The molecule has 1 saturated carbocycles. The molecule has 164 valence electrons. The van der Waals surface area contributed by atoms with Crippen LogP contribution < -0.4 is 11.1 Å². The number of aromatic nitrogens is 3. The summed E-state index contributed by atoms with van der Waals surface area (Å²) in [6, 6.07) is 17.0. The summed E-state index contributed by atoms with van der Waals surface area (Å²) in [5.74, 6) is -0.184. The number of primary amides is 1. The maximum absolute atomic E-state index is 11.2. The van der Waals surface area contributed by atoms with E-state index in [1.165, 1.54) is 12.1 Å². The van der Waals surface area contributed by atoms with E-state index in [-0.39, 0.29) is 17.4 Å². The summed E-state index contributed by atoms with van der Waals surface area (Å²) < 4.78 is 4.41. The summed E-state index contributed by atoms with van der Waals surface area (Å²) in [5, 5.41) is 20.3. The Labute approximate surface area is 183 Å². The molecule has 1 aliphatic rings. The highest BCUT2D eigenvalue weighted by molar-refractivity contribution is 5.91. The number of carboxylic acid groups (broad SMARTS) is 1. The maximum atomic E-state index is 11.2. The number of pyridine rings is 1. The molecule has 0 bridgehead atoms. The molecule has 32 heavy (non-hydrogen) atoms. The average Bonchev–Trinajstić information content (AvgIpc) is 3.28. The number of carboxylic acids is 1. The van der Waals surface area contributed by atoms with E-state index in [1.54, 1.807) is 6.07 Å². The number of benzene rings is 2. The van der Waals surface area contributed by atoms with Gasteiger partial charge in [-0.2, -0.15) is 0 Å². The number of hydrogen-bond acceptors (Lipinski definition) is 7. The number of aromatic carboxylic acids is 1. The number of nitrogens with one attached hydrogen (secondary N) is 1. The van der Waals surface area contributed by atoms with Crippen LogP contribution in [-0.2, 0) is 4.79 Å². The van der Waals surface area contributed by atoms with Crippen LogP contribution in [0.2, 0.25) is 0 Å². The van der Waals surface area contributed by atoms with Gasteiger partial charge < -0.3 is 16.2 Å². The highest BCUT2D eigenvalue weighted by Crippen LogP contribution is 2.26. The van der Waals surface area contributed by atoms with Crippen molar-refractivity contribution in [2.24, 2.45) is 11.7 Å². The highest BCUT2D eigenvalue weighted by Gasteiger charge is 2.24.